The molecular formula is C59H76N6O9. The second-order valence-corrected chi connectivity index (χ2v) is 20.7. The number of hydrogen-bond donors (Lipinski definition) is 1. The quantitative estimate of drug-likeness (QED) is 0.186. The first-order chi connectivity index (χ1) is 36.0. The van der Waals surface area contributed by atoms with Gasteiger partial charge in [0.15, 0.2) is 23.1 Å². The molecule has 0 bridgehead atoms. The number of nitrogens with zero attached hydrogens (tertiary/aromatic N) is 5. The van der Waals surface area contributed by atoms with Crippen molar-refractivity contribution < 1.29 is 42.9 Å². The number of hydrogen-bond acceptors (Lipinski definition) is 15. The SMILES string of the molecule is COc1cc2c(cc1N1CCC(C)CC1)CCC2=O.COc1cc2c(cc1N1CCN(C)CC1)CCC2=O.COc1cc2c(cc1N1CCNCC1)CCC2=O.COc1cc2c(cc1N1CCOCC1)CCC2=O. The van der Waals surface area contributed by atoms with Gasteiger partial charge in [-0.2, -0.15) is 0 Å². The summed E-state index contributed by atoms with van der Waals surface area (Å²) in [4.78, 5) is 58.8. The van der Waals surface area contributed by atoms with Gasteiger partial charge in [0.1, 0.15) is 23.0 Å². The molecule has 0 aromatic heterocycles. The molecule has 4 saturated heterocycles. The number of piperazine rings is 2. The van der Waals surface area contributed by atoms with Crippen LogP contribution in [0.3, 0.4) is 0 Å². The fraction of sp³-hybridized carbons (Fsp3) is 0.525. The number of fused-ring (bicyclic) bond motifs is 4. The van der Waals surface area contributed by atoms with E-state index >= 15 is 0 Å². The maximum Gasteiger partial charge on any atom is 0.163 e. The second kappa shape index (κ2) is 24.0. The number of carbonyl (C=O) groups is 4. The second-order valence-electron chi connectivity index (χ2n) is 20.7. The molecule has 0 saturated carbocycles. The molecule has 12 rings (SSSR count). The highest BCUT2D eigenvalue weighted by Crippen LogP contribution is 2.40. The predicted molar refractivity (Wildman–Crippen MR) is 291 cm³/mol. The van der Waals surface area contributed by atoms with Gasteiger partial charge in [0.2, 0.25) is 0 Å². The molecule has 74 heavy (non-hydrogen) atoms. The third-order valence-corrected chi connectivity index (χ3v) is 16.1. The summed E-state index contributed by atoms with van der Waals surface area (Å²) in [6.45, 7) is 15.9. The molecule has 4 aromatic carbocycles. The minimum Gasteiger partial charge on any atom is -0.495 e. The fourth-order valence-corrected chi connectivity index (χ4v) is 11.5. The fourth-order valence-electron chi connectivity index (χ4n) is 11.5. The molecule has 4 aliphatic heterocycles. The van der Waals surface area contributed by atoms with E-state index in [1.807, 2.05) is 24.3 Å². The number of anilines is 4. The minimum absolute atomic E-state index is 0.233. The molecule has 8 aliphatic rings. The van der Waals surface area contributed by atoms with Crippen molar-refractivity contribution in [2.75, 3.05) is 147 Å². The Kier molecular flexibility index (Phi) is 17.1. The number of Topliss-reactive ketones (excluding diaryl/α,β-unsaturated/α-hetero) is 4. The zero-order chi connectivity index (χ0) is 51.9. The number of ether oxygens (including phenoxy) is 5. The molecule has 0 atom stereocenters. The Morgan fingerprint density at radius 2 is 0.730 bits per heavy atom. The van der Waals surface area contributed by atoms with Gasteiger partial charge < -0.3 is 53.5 Å². The van der Waals surface area contributed by atoms with Gasteiger partial charge in [-0.3, -0.25) is 19.2 Å². The van der Waals surface area contributed by atoms with E-state index in [9.17, 15) is 19.2 Å². The van der Waals surface area contributed by atoms with E-state index in [0.717, 1.165) is 191 Å². The van der Waals surface area contributed by atoms with Crippen LogP contribution in [-0.4, -0.2) is 155 Å². The van der Waals surface area contributed by atoms with Crippen LogP contribution < -0.4 is 43.9 Å². The number of piperidine rings is 1. The zero-order valence-corrected chi connectivity index (χ0v) is 44.6. The summed E-state index contributed by atoms with van der Waals surface area (Å²) in [5, 5.41) is 3.34. The topological polar surface area (TPSA) is 143 Å². The van der Waals surface area contributed by atoms with E-state index in [1.165, 1.54) is 35.2 Å². The number of likely N-dealkylation sites (N-methyl/N-ethyl adjacent to an activating group) is 1. The van der Waals surface area contributed by atoms with Gasteiger partial charge in [-0.1, -0.05) is 6.92 Å². The lowest BCUT2D eigenvalue weighted by Crippen LogP contribution is -2.44. The summed E-state index contributed by atoms with van der Waals surface area (Å²) >= 11 is 0. The highest BCUT2D eigenvalue weighted by molar-refractivity contribution is 6.03. The van der Waals surface area contributed by atoms with Crippen LogP contribution in [-0.2, 0) is 30.4 Å². The number of benzene rings is 4. The van der Waals surface area contributed by atoms with Crippen molar-refractivity contribution in [3.05, 3.63) is 93.0 Å². The normalized spacial score (nSPS) is 19.3. The Morgan fingerprint density at radius 1 is 0.419 bits per heavy atom. The molecule has 0 radical (unpaired) electrons. The molecule has 396 valence electrons. The maximum atomic E-state index is 11.8. The summed E-state index contributed by atoms with van der Waals surface area (Å²) in [6.07, 6.45) is 8.53. The summed E-state index contributed by atoms with van der Waals surface area (Å²) in [5.74, 6) is 5.11. The first kappa shape index (κ1) is 52.7. The number of rotatable bonds is 8. The van der Waals surface area contributed by atoms with Crippen molar-refractivity contribution in [2.45, 2.75) is 71.1 Å². The summed E-state index contributed by atoms with van der Waals surface area (Å²) < 4.78 is 27.3. The van der Waals surface area contributed by atoms with Crippen LogP contribution in [0.1, 0.15) is 109 Å². The standard InChI is InChI=1S/C16H21NO2.C15H20N2O2.C14H18N2O2.C14H17NO3/c1-11-5-7-17(8-6-11)14-9-12-3-4-15(18)13(12)10-16(14)19-2;1-16-5-7-17(8-6-16)13-9-11-3-4-14(18)12(11)10-15(13)19-2;1-18-14-9-11-10(2-3-13(11)17)8-12(14)16-6-4-15-5-7-16;1-17-14-9-11-10(2-3-13(11)16)8-12(14)15-4-6-18-7-5-15/h9-11H,3-8H2,1-2H3;9-10H,3-8H2,1-2H3;8-9,15H,2-7H2,1H3;8-9H,2-7H2,1H3. The molecule has 0 spiro atoms. The first-order valence-corrected chi connectivity index (χ1v) is 26.9. The third-order valence-electron chi connectivity index (χ3n) is 16.1. The van der Waals surface area contributed by atoms with E-state index in [1.54, 1.807) is 28.4 Å². The van der Waals surface area contributed by atoms with Crippen molar-refractivity contribution in [3.63, 3.8) is 0 Å². The van der Waals surface area contributed by atoms with Gasteiger partial charge in [0.05, 0.1) is 64.4 Å². The lowest BCUT2D eigenvalue weighted by atomic mass is 9.98. The number of methoxy groups -OCH3 is 4. The number of nitrogens with one attached hydrogen (secondary N) is 1. The summed E-state index contributed by atoms with van der Waals surface area (Å²) in [7, 11) is 8.85. The summed E-state index contributed by atoms with van der Waals surface area (Å²) in [5.41, 5.74) is 12.7. The van der Waals surface area contributed by atoms with Crippen LogP contribution >= 0.6 is 0 Å². The monoisotopic (exact) mass is 1010 g/mol. The molecule has 4 aliphatic carbocycles. The van der Waals surface area contributed by atoms with E-state index in [4.69, 9.17) is 23.7 Å². The Hall–Kier alpha value is -6.16. The molecule has 4 heterocycles. The van der Waals surface area contributed by atoms with Crippen molar-refractivity contribution in [1.29, 1.82) is 0 Å². The summed E-state index contributed by atoms with van der Waals surface area (Å²) in [6, 6.07) is 16.3. The lowest BCUT2D eigenvalue weighted by molar-refractivity contribution is 0.0986. The zero-order valence-electron chi connectivity index (χ0n) is 44.6. The molecule has 4 aromatic rings. The van der Waals surface area contributed by atoms with Crippen LogP contribution in [0, 0.1) is 5.92 Å². The van der Waals surface area contributed by atoms with Crippen LogP contribution in [0.4, 0.5) is 22.7 Å². The number of morpholine rings is 1. The Labute approximate surface area is 437 Å². The van der Waals surface area contributed by atoms with E-state index < -0.39 is 0 Å². The molecule has 1 N–H and O–H groups in total. The minimum atomic E-state index is 0.233. The van der Waals surface area contributed by atoms with Gasteiger partial charge in [-0.05, 0) is 122 Å². The van der Waals surface area contributed by atoms with E-state index in [-0.39, 0.29) is 23.1 Å². The Bertz CT molecular complexity index is 2510. The largest absolute Gasteiger partial charge is 0.495 e. The average Bonchev–Trinajstić information content (AvgIpc) is 4.22. The van der Waals surface area contributed by atoms with Gasteiger partial charge in [0.25, 0.3) is 0 Å². The van der Waals surface area contributed by atoms with E-state index in [0.29, 0.717) is 25.7 Å². The maximum absolute atomic E-state index is 11.8. The smallest absolute Gasteiger partial charge is 0.163 e. The molecular weight excluding hydrogens is 937 g/mol. The highest BCUT2D eigenvalue weighted by atomic mass is 16.5. The Morgan fingerprint density at radius 3 is 1.07 bits per heavy atom. The van der Waals surface area contributed by atoms with Gasteiger partial charge in [-0.15, -0.1) is 0 Å². The Balaban J connectivity index is 0.000000121. The molecule has 15 heteroatoms. The van der Waals surface area contributed by atoms with Crippen molar-refractivity contribution in [1.82, 2.24) is 10.2 Å². The molecule has 0 amide bonds. The van der Waals surface area contributed by atoms with Gasteiger partial charge in [-0.25, -0.2) is 0 Å². The highest BCUT2D eigenvalue weighted by Gasteiger charge is 2.29. The van der Waals surface area contributed by atoms with Crippen molar-refractivity contribution in [2.24, 2.45) is 5.92 Å². The van der Waals surface area contributed by atoms with Crippen LogP contribution in [0.15, 0.2) is 48.5 Å². The molecule has 4 fully saturated rings. The van der Waals surface area contributed by atoms with Crippen LogP contribution in [0.2, 0.25) is 0 Å². The number of carbonyl (C=O) groups excluding carboxylic acids is 4. The third kappa shape index (κ3) is 11.7. The van der Waals surface area contributed by atoms with Crippen LogP contribution in [0.5, 0.6) is 23.0 Å². The van der Waals surface area contributed by atoms with E-state index in [2.05, 4.69) is 68.1 Å². The first-order valence-electron chi connectivity index (χ1n) is 26.9. The number of ketones is 4. The van der Waals surface area contributed by atoms with Gasteiger partial charge >= 0.3 is 0 Å². The van der Waals surface area contributed by atoms with Crippen LogP contribution in [0.25, 0.3) is 0 Å². The van der Waals surface area contributed by atoms with Gasteiger partial charge in [0, 0.05) is 126 Å². The van der Waals surface area contributed by atoms with Crippen molar-refractivity contribution >= 4 is 45.9 Å². The predicted octanol–water partition coefficient (Wildman–Crippen LogP) is 7.53. The average molecular weight is 1010 g/mol. The number of aryl methyl sites for hydroxylation is 4. The van der Waals surface area contributed by atoms with Crippen molar-refractivity contribution in [3.8, 4) is 23.0 Å². The molecule has 15 nitrogen and oxygen atoms in total. The lowest BCUT2D eigenvalue weighted by Gasteiger charge is -2.35. The molecule has 0 unspecified atom stereocenters.